The number of rotatable bonds is 2. The molecule has 1 aliphatic rings. The third-order valence-electron chi connectivity index (χ3n) is 2.60. The van der Waals surface area contributed by atoms with Crippen LogP contribution < -0.4 is 5.32 Å². The number of Topliss-reactive ketones (excluding diaryl/α,β-unsaturated/α-hetero) is 1. The summed E-state index contributed by atoms with van der Waals surface area (Å²) in [6, 6.07) is 0. The van der Waals surface area contributed by atoms with Crippen LogP contribution in [0.25, 0.3) is 0 Å². The first kappa shape index (κ1) is 9.23. The van der Waals surface area contributed by atoms with Gasteiger partial charge in [-0.3, -0.25) is 9.59 Å². The average Bonchev–Trinajstić information content (AvgIpc) is 2.03. The normalized spacial score (nSPS) is 26.7. The standard InChI is InChI=1S/C9H15NO2/c1-3-6(2)7-5-10-9(12)4-8(7)11/h6-7H,3-5H2,1-2H3,(H,10,12). The Hall–Kier alpha value is -0.860. The molecular formula is C9H15NO2. The molecule has 1 fully saturated rings. The third kappa shape index (κ3) is 1.84. The van der Waals surface area contributed by atoms with Crippen LogP contribution in [-0.4, -0.2) is 18.2 Å². The van der Waals surface area contributed by atoms with Crippen molar-refractivity contribution < 1.29 is 9.59 Å². The van der Waals surface area contributed by atoms with Crippen molar-refractivity contribution in [1.82, 2.24) is 5.32 Å². The monoisotopic (exact) mass is 169 g/mol. The number of carbonyl (C=O) groups excluding carboxylic acids is 2. The van der Waals surface area contributed by atoms with Crippen LogP contribution in [0, 0.1) is 11.8 Å². The molecule has 1 N–H and O–H groups in total. The van der Waals surface area contributed by atoms with Gasteiger partial charge in [0.25, 0.3) is 0 Å². The molecule has 0 aromatic heterocycles. The Morgan fingerprint density at radius 3 is 2.75 bits per heavy atom. The highest BCUT2D eigenvalue weighted by Gasteiger charge is 2.29. The smallest absolute Gasteiger partial charge is 0.227 e. The molecule has 1 rings (SSSR count). The maximum Gasteiger partial charge on any atom is 0.227 e. The molecule has 1 saturated heterocycles. The lowest BCUT2D eigenvalue weighted by Crippen LogP contribution is -2.43. The number of ketones is 1. The van der Waals surface area contributed by atoms with Gasteiger partial charge in [-0.2, -0.15) is 0 Å². The van der Waals surface area contributed by atoms with Gasteiger partial charge in [0.2, 0.25) is 5.91 Å². The zero-order valence-electron chi connectivity index (χ0n) is 7.59. The number of amides is 1. The minimum Gasteiger partial charge on any atom is -0.355 e. The minimum absolute atomic E-state index is 0.0488. The van der Waals surface area contributed by atoms with Crippen LogP contribution in [0.1, 0.15) is 26.7 Å². The van der Waals surface area contributed by atoms with Gasteiger partial charge in [0.15, 0.2) is 0 Å². The zero-order valence-corrected chi connectivity index (χ0v) is 7.59. The fourth-order valence-electron chi connectivity index (χ4n) is 1.49. The molecule has 1 aliphatic heterocycles. The fourth-order valence-corrected chi connectivity index (χ4v) is 1.49. The van der Waals surface area contributed by atoms with Gasteiger partial charge < -0.3 is 5.32 Å². The molecule has 0 bridgehead atoms. The summed E-state index contributed by atoms with van der Waals surface area (Å²) in [7, 11) is 0. The number of piperidine rings is 1. The molecule has 0 spiro atoms. The molecule has 0 aromatic carbocycles. The molecule has 0 saturated carbocycles. The highest BCUT2D eigenvalue weighted by atomic mass is 16.2. The van der Waals surface area contributed by atoms with Crippen molar-refractivity contribution in [3.8, 4) is 0 Å². The average molecular weight is 169 g/mol. The van der Waals surface area contributed by atoms with Gasteiger partial charge in [-0.25, -0.2) is 0 Å². The van der Waals surface area contributed by atoms with Crippen molar-refractivity contribution >= 4 is 11.7 Å². The van der Waals surface area contributed by atoms with Gasteiger partial charge in [-0.15, -0.1) is 0 Å². The lowest BCUT2D eigenvalue weighted by atomic mass is 9.85. The first-order valence-electron chi connectivity index (χ1n) is 4.44. The van der Waals surface area contributed by atoms with E-state index >= 15 is 0 Å². The summed E-state index contributed by atoms with van der Waals surface area (Å²) >= 11 is 0. The van der Waals surface area contributed by atoms with Crippen LogP contribution in [0.15, 0.2) is 0 Å². The van der Waals surface area contributed by atoms with Crippen molar-refractivity contribution in [2.24, 2.45) is 11.8 Å². The van der Waals surface area contributed by atoms with Crippen molar-refractivity contribution in [1.29, 1.82) is 0 Å². The van der Waals surface area contributed by atoms with Gasteiger partial charge in [-0.1, -0.05) is 20.3 Å². The fraction of sp³-hybridized carbons (Fsp3) is 0.778. The Labute approximate surface area is 72.5 Å². The van der Waals surface area contributed by atoms with Gasteiger partial charge in [0.05, 0.1) is 6.42 Å². The minimum atomic E-state index is -0.125. The Morgan fingerprint density at radius 1 is 1.58 bits per heavy atom. The van der Waals surface area contributed by atoms with Crippen LogP contribution in [0.4, 0.5) is 0 Å². The van der Waals surface area contributed by atoms with Crippen molar-refractivity contribution in [3.05, 3.63) is 0 Å². The van der Waals surface area contributed by atoms with E-state index in [2.05, 4.69) is 19.2 Å². The molecule has 1 heterocycles. The summed E-state index contributed by atoms with van der Waals surface area (Å²) in [6.07, 6.45) is 1.07. The van der Waals surface area contributed by atoms with Crippen LogP contribution in [-0.2, 0) is 9.59 Å². The predicted molar refractivity (Wildman–Crippen MR) is 45.6 cm³/mol. The molecule has 1 amide bonds. The molecule has 3 nitrogen and oxygen atoms in total. The van der Waals surface area contributed by atoms with E-state index in [0.717, 1.165) is 6.42 Å². The summed E-state index contributed by atoms with van der Waals surface area (Å²) in [5, 5.41) is 2.72. The van der Waals surface area contributed by atoms with E-state index in [0.29, 0.717) is 12.5 Å². The number of carbonyl (C=O) groups is 2. The SMILES string of the molecule is CCC(C)C1CNC(=O)CC1=O. The zero-order chi connectivity index (χ0) is 9.14. The Morgan fingerprint density at radius 2 is 2.25 bits per heavy atom. The van der Waals surface area contributed by atoms with E-state index in [-0.39, 0.29) is 24.0 Å². The number of hydrogen-bond donors (Lipinski definition) is 1. The van der Waals surface area contributed by atoms with Crippen LogP contribution >= 0.6 is 0 Å². The van der Waals surface area contributed by atoms with Gasteiger partial charge in [0.1, 0.15) is 5.78 Å². The second-order valence-corrected chi connectivity index (χ2v) is 3.44. The molecular weight excluding hydrogens is 154 g/mol. The molecule has 0 radical (unpaired) electrons. The summed E-state index contributed by atoms with van der Waals surface area (Å²) in [5.41, 5.74) is 0. The van der Waals surface area contributed by atoms with Crippen LogP contribution in [0.2, 0.25) is 0 Å². The maximum atomic E-state index is 11.3. The molecule has 68 valence electrons. The molecule has 2 unspecified atom stereocenters. The largest absolute Gasteiger partial charge is 0.355 e. The van der Waals surface area contributed by atoms with Crippen LogP contribution in [0.3, 0.4) is 0 Å². The Balaban J connectivity index is 2.56. The summed E-state index contributed by atoms with van der Waals surface area (Å²) in [4.78, 5) is 22.1. The lowest BCUT2D eigenvalue weighted by molar-refractivity contribution is -0.134. The van der Waals surface area contributed by atoms with E-state index in [1.807, 2.05) is 0 Å². The highest BCUT2D eigenvalue weighted by Crippen LogP contribution is 2.19. The third-order valence-corrected chi connectivity index (χ3v) is 2.60. The second-order valence-electron chi connectivity index (χ2n) is 3.44. The van der Waals surface area contributed by atoms with Gasteiger partial charge in [0, 0.05) is 12.5 Å². The summed E-state index contributed by atoms with van der Waals surface area (Å²) in [6.45, 7) is 4.65. The summed E-state index contributed by atoms with van der Waals surface area (Å²) in [5.74, 6) is 0.415. The molecule has 0 aromatic rings. The number of hydrogen-bond acceptors (Lipinski definition) is 2. The highest BCUT2D eigenvalue weighted by molar-refractivity contribution is 6.01. The maximum absolute atomic E-state index is 11.3. The number of nitrogens with one attached hydrogen (secondary N) is 1. The van der Waals surface area contributed by atoms with E-state index in [1.54, 1.807) is 0 Å². The Kier molecular flexibility index (Phi) is 2.84. The van der Waals surface area contributed by atoms with E-state index in [1.165, 1.54) is 0 Å². The topological polar surface area (TPSA) is 46.2 Å². The first-order chi connectivity index (χ1) is 5.65. The molecule has 2 atom stereocenters. The van der Waals surface area contributed by atoms with E-state index in [9.17, 15) is 9.59 Å². The van der Waals surface area contributed by atoms with Crippen molar-refractivity contribution in [2.75, 3.05) is 6.54 Å². The molecule has 0 aliphatic carbocycles. The van der Waals surface area contributed by atoms with E-state index in [4.69, 9.17) is 0 Å². The predicted octanol–water partition coefficient (Wildman–Crippen LogP) is 0.738. The first-order valence-corrected chi connectivity index (χ1v) is 4.44. The van der Waals surface area contributed by atoms with Crippen LogP contribution in [0.5, 0.6) is 0 Å². The quantitative estimate of drug-likeness (QED) is 0.620. The van der Waals surface area contributed by atoms with Gasteiger partial charge in [-0.05, 0) is 5.92 Å². The van der Waals surface area contributed by atoms with Crippen molar-refractivity contribution in [2.45, 2.75) is 26.7 Å². The summed E-state index contributed by atoms with van der Waals surface area (Å²) < 4.78 is 0. The molecule has 3 heteroatoms. The second kappa shape index (κ2) is 3.70. The Bertz CT molecular complexity index is 201. The lowest BCUT2D eigenvalue weighted by Gasteiger charge is -2.25. The molecule has 12 heavy (non-hydrogen) atoms. The van der Waals surface area contributed by atoms with Crippen molar-refractivity contribution in [3.63, 3.8) is 0 Å². The van der Waals surface area contributed by atoms with E-state index < -0.39 is 0 Å². The van der Waals surface area contributed by atoms with Gasteiger partial charge >= 0.3 is 0 Å².